The normalized spacial score (nSPS) is 16.0. The minimum absolute atomic E-state index is 0.0490. The molecular formula is C23H19Cl2N3O4. The van der Waals surface area contributed by atoms with Crippen LogP contribution in [0.5, 0.6) is 0 Å². The highest BCUT2D eigenvalue weighted by atomic mass is 35.5. The molecule has 2 aromatic carbocycles. The number of ether oxygens (including phenoxy) is 2. The van der Waals surface area contributed by atoms with Crippen LogP contribution in [0.25, 0.3) is 0 Å². The number of methoxy groups -OCH3 is 2. The van der Waals surface area contributed by atoms with Gasteiger partial charge in [0.25, 0.3) is 0 Å². The summed E-state index contributed by atoms with van der Waals surface area (Å²) in [5, 5.41) is 10.6. The van der Waals surface area contributed by atoms with E-state index in [4.69, 9.17) is 38.4 Å². The van der Waals surface area contributed by atoms with Crippen LogP contribution in [-0.2, 0) is 19.1 Å². The van der Waals surface area contributed by atoms with E-state index in [1.54, 1.807) is 43.3 Å². The van der Waals surface area contributed by atoms with Crippen molar-refractivity contribution in [2.75, 3.05) is 19.1 Å². The average Bonchev–Trinajstić information content (AvgIpc) is 2.80. The van der Waals surface area contributed by atoms with E-state index in [2.05, 4.69) is 6.07 Å². The maximum atomic E-state index is 13.0. The fourth-order valence-corrected chi connectivity index (χ4v) is 4.04. The lowest BCUT2D eigenvalue weighted by Crippen LogP contribution is -2.41. The van der Waals surface area contributed by atoms with Crippen molar-refractivity contribution >= 4 is 40.8 Å². The maximum absolute atomic E-state index is 13.0. The molecular weight excluding hydrogens is 453 g/mol. The zero-order valence-electron chi connectivity index (χ0n) is 17.5. The monoisotopic (exact) mass is 471 g/mol. The van der Waals surface area contributed by atoms with Gasteiger partial charge < -0.3 is 15.2 Å². The number of hydrogen-bond acceptors (Lipinski definition) is 7. The number of allylic oxidation sites excluding steroid dienone is 1. The summed E-state index contributed by atoms with van der Waals surface area (Å²) in [6.07, 6.45) is 0. The second kappa shape index (κ2) is 9.35. The number of carbonyl (C=O) groups is 2. The van der Waals surface area contributed by atoms with Crippen molar-refractivity contribution < 1.29 is 19.1 Å². The molecule has 0 amide bonds. The largest absolute Gasteiger partial charge is 0.466 e. The van der Waals surface area contributed by atoms with Gasteiger partial charge in [0.15, 0.2) is 0 Å². The zero-order chi connectivity index (χ0) is 23.6. The Labute approximate surface area is 195 Å². The molecule has 164 valence electrons. The predicted molar refractivity (Wildman–Crippen MR) is 121 cm³/mol. The highest BCUT2D eigenvalue weighted by molar-refractivity contribution is 6.37. The van der Waals surface area contributed by atoms with Gasteiger partial charge in [0.2, 0.25) is 0 Å². The molecule has 9 heteroatoms. The molecule has 2 aromatic rings. The molecule has 3 rings (SSSR count). The SMILES string of the molecule is COC(=O)C1=C(C(=O)OC)N(c2cc(C)c(Cl)cc2Cl)C(N)=C(C#N)C1c1ccccc1. The molecule has 2 N–H and O–H groups in total. The van der Waals surface area contributed by atoms with Gasteiger partial charge in [-0.3, -0.25) is 4.90 Å². The Bertz CT molecular complexity index is 1200. The molecule has 0 saturated heterocycles. The Morgan fingerprint density at radius 1 is 1.06 bits per heavy atom. The van der Waals surface area contributed by atoms with Crippen molar-refractivity contribution in [2.45, 2.75) is 12.8 Å². The minimum Gasteiger partial charge on any atom is -0.466 e. The van der Waals surface area contributed by atoms with E-state index in [1.165, 1.54) is 25.2 Å². The summed E-state index contributed by atoms with van der Waals surface area (Å²) < 4.78 is 9.98. The molecule has 0 fully saturated rings. The summed E-state index contributed by atoms with van der Waals surface area (Å²) in [5.74, 6) is -2.69. The van der Waals surface area contributed by atoms with E-state index < -0.39 is 17.9 Å². The third-order valence-corrected chi connectivity index (χ3v) is 5.79. The molecule has 0 bridgehead atoms. The van der Waals surface area contributed by atoms with Crippen LogP contribution in [0.4, 0.5) is 5.69 Å². The second-order valence-corrected chi connectivity index (χ2v) is 7.70. The van der Waals surface area contributed by atoms with Crippen molar-refractivity contribution in [1.82, 2.24) is 0 Å². The van der Waals surface area contributed by atoms with Crippen molar-refractivity contribution in [3.05, 3.63) is 86.3 Å². The van der Waals surface area contributed by atoms with E-state index in [9.17, 15) is 14.9 Å². The highest BCUT2D eigenvalue weighted by Crippen LogP contribution is 2.45. The second-order valence-electron chi connectivity index (χ2n) is 6.89. The van der Waals surface area contributed by atoms with E-state index in [1.807, 2.05) is 0 Å². The van der Waals surface area contributed by atoms with E-state index >= 15 is 0 Å². The third kappa shape index (κ3) is 3.91. The summed E-state index contributed by atoms with van der Waals surface area (Å²) >= 11 is 12.6. The van der Waals surface area contributed by atoms with Gasteiger partial charge >= 0.3 is 11.9 Å². The number of nitrogens with two attached hydrogens (primary N) is 1. The van der Waals surface area contributed by atoms with Crippen LogP contribution in [0.2, 0.25) is 10.0 Å². The summed E-state index contributed by atoms with van der Waals surface area (Å²) in [6, 6.07) is 13.9. The van der Waals surface area contributed by atoms with Gasteiger partial charge in [-0.05, 0) is 30.2 Å². The number of anilines is 1. The minimum atomic E-state index is -0.953. The van der Waals surface area contributed by atoms with Crippen molar-refractivity contribution in [3.8, 4) is 6.07 Å². The number of carbonyl (C=O) groups excluding carboxylic acids is 2. The number of aryl methyl sites for hydroxylation is 1. The zero-order valence-corrected chi connectivity index (χ0v) is 19.0. The number of nitrogens with zero attached hydrogens (tertiary/aromatic N) is 2. The van der Waals surface area contributed by atoms with Crippen LogP contribution in [0, 0.1) is 18.3 Å². The molecule has 1 aliphatic rings. The first-order chi connectivity index (χ1) is 15.3. The van der Waals surface area contributed by atoms with Gasteiger partial charge in [0, 0.05) is 5.02 Å². The molecule has 1 atom stereocenters. The summed E-state index contributed by atoms with van der Waals surface area (Å²) in [7, 11) is 2.36. The van der Waals surface area contributed by atoms with Gasteiger partial charge in [-0.2, -0.15) is 5.26 Å². The molecule has 1 unspecified atom stereocenters. The van der Waals surface area contributed by atoms with Crippen LogP contribution in [0.15, 0.2) is 65.1 Å². The van der Waals surface area contributed by atoms with Crippen LogP contribution in [0.1, 0.15) is 17.0 Å². The fraction of sp³-hybridized carbons (Fsp3) is 0.174. The first-order valence-electron chi connectivity index (χ1n) is 9.38. The Kier molecular flexibility index (Phi) is 6.78. The Balaban J connectivity index is 2.46. The van der Waals surface area contributed by atoms with Crippen molar-refractivity contribution in [3.63, 3.8) is 0 Å². The van der Waals surface area contributed by atoms with Gasteiger partial charge in [-0.1, -0.05) is 53.5 Å². The fourth-order valence-electron chi connectivity index (χ4n) is 3.58. The smallest absolute Gasteiger partial charge is 0.355 e. The summed E-state index contributed by atoms with van der Waals surface area (Å²) in [6.45, 7) is 1.74. The average molecular weight is 472 g/mol. The first-order valence-corrected chi connectivity index (χ1v) is 10.1. The summed E-state index contributed by atoms with van der Waals surface area (Å²) in [5.41, 5.74) is 7.66. The van der Waals surface area contributed by atoms with Crippen molar-refractivity contribution in [2.24, 2.45) is 5.73 Å². The van der Waals surface area contributed by atoms with Gasteiger partial charge in [-0.25, -0.2) is 9.59 Å². The lowest BCUT2D eigenvalue weighted by molar-refractivity contribution is -0.139. The highest BCUT2D eigenvalue weighted by Gasteiger charge is 2.43. The molecule has 1 heterocycles. The molecule has 0 saturated carbocycles. The van der Waals surface area contributed by atoms with E-state index in [0.717, 1.165) is 0 Å². The van der Waals surface area contributed by atoms with E-state index in [0.29, 0.717) is 16.1 Å². The number of esters is 2. The van der Waals surface area contributed by atoms with Crippen molar-refractivity contribution in [1.29, 1.82) is 5.26 Å². The summed E-state index contributed by atoms with van der Waals surface area (Å²) in [4.78, 5) is 27.2. The van der Waals surface area contributed by atoms with Gasteiger partial charge in [0.1, 0.15) is 11.5 Å². The third-order valence-electron chi connectivity index (χ3n) is 5.08. The quantitative estimate of drug-likeness (QED) is 0.665. The van der Waals surface area contributed by atoms with Gasteiger partial charge in [-0.15, -0.1) is 0 Å². The molecule has 0 spiro atoms. The standard InChI is InChI=1S/C23H19Cl2N3O4/c1-12-9-17(16(25)10-15(12)24)28-20(23(30)32-3)19(22(29)31-2)18(14(11-26)21(28)27)13-7-5-4-6-8-13/h4-10,18H,27H2,1-3H3. The first kappa shape index (κ1) is 23.2. The Morgan fingerprint density at radius 2 is 1.69 bits per heavy atom. The molecule has 0 radical (unpaired) electrons. The van der Waals surface area contributed by atoms with Crippen LogP contribution >= 0.6 is 23.2 Å². The van der Waals surface area contributed by atoms with Crippen LogP contribution in [0.3, 0.4) is 0 Å². The van der Waals surface area contributed by atoms with Crippen LogP contribution in [-0.4, -0.2) is 26.2 Å². The predicted octanol–water partition coefficient (Wildman–Crippen LogP) is 4.20. The topological polar surface area (TPSA) is 106 Å². The molecule has 32 heavy (non-hydrogen) atoms. The maximum Gasteiger partial charge on any atom is 0.355 e. The lowest BCUT2D eigenvalue weighted by atomic mass is 9.81. The number of rotatable bonds is 4. The Hall–Kier alpha value is -3.47. The number of hydrogen-bond donors (Lipinski definition) is 1. The van der Waals surface area contributed by atoms with Gasteiger partial charge in [0.05, 0.1) is 48.1 Å². The number of halogens is 2. The molecule has 7 nitrogen and oxygen atoms in total. The lowest BCUT2D eigenvalue weighted by Gasteiger charge is -2.36. The number of nitriles is 1. The molecule has 0 aromatic heterocycles. The Morgan fingerprint density at radius 3 is 2.25 bits per heavy atom. The number of benzene rings is 2. The van der Waals surface area contributed by atoms with Crippen LogP contribution < -0.4 is 10.6 Å². The molecule has 0 aliphatic carbocycles. The molecule has 1 aliphatic heterocycles. The van der Waals surface area contributed by atoms with E-state index in [-0.39, 0.29) is 33.4 Å².